The highest BCUT2D eigenvalue weighted by atomic mass is 32.1. The summed E-state index contributed by atoms with van der Waals surface area (Å²) in [6.45, 7) is 0. The number of aromatic nitrogens is 2. The van der Waals surface area contributed by atoms with Gasteiger partial charge in [0.25, 0.3) is 0 Å². The summed E-state index contributed by atoms with van der Waals surface area (Å²) in [6, 6.07) is 5.43. The third-order valence-electron chi connectivity index (χ3n) is 2.18. The number of rotatable bonds is 5. The number of benzene rings is 1. The highest BCUT2D eigenvalue weighted by Crippen LogP contribution is 2.14. The van der Waals surface area contributed by atoms with Crippen LogP contribution >= 0.6 is 11.5 Å². The number of hydrogen-bond acceptors (Lipinski definition) is 8. The zero-order chi connectivity index (χ0) is 15.4. The summed E-state index contributed by atoms with van der Waals surface area (Å²) >= 11 is 0.817. The molecule has 0 saturated heterocycles. The van der Waals surface area contributed by atoms with Gasteiger partial charge in [0.2, 0.25) is 11.5 Å². The van der Waals surface area contributed by atoms with E-state index in [-0.39, 0.29) is 22.3 Å². The van der Waals surface area contributed by atoms with Gasteiger partial charge in [-0.25, -0.2) is 9.59 Å². The van der Waals surface area contributed by atoms with E-state index in [1.807, 2.05) is 0 Å². The fourth-order valence-electron chi connectivity index (χ4n) is 1.29. The Morgan fingerprint density at radius 2 is 2.10 bits per heavy atom. The Kier molecular flexibility index (Phi) is 4.09. The van der Waals surface area contributed by atoms with E-state index in [1.54, 1.807) is 0 Å². The maximum Gasteiger partial charge on any atom is 0.362 e. The van der Waals surface area contributed by atoms with Crippen molar-refractivity contribution >= 4 is 34.3 Å². The molecule has 0 spiro atoms. The SMILES string of the molecule is Nc1nc(/C(=N/Oc2cccc(C(=O)O)c2)C(=O)O)ns1. The zero-order valence-corrected chi connectivity index (χ0v) is 11.1. The first-order valence-electron chi connectivity index (χ1n) is 5.38. The predicted octanol–water partition coefficient (Wildman–Crippen LogP) is 0.686. The second kappa shape index (κ2) is 5.96. The minimum absolute atomic E-state index is 0.0180. The number of nitrogens with two attached hydrogens (primary N) is 1. The molecule has 0 aliphatic heterocycles. The van der Waals surface area contributed by atoms with Crippen LogP contribution in [0, 0.1) is 0 Å². The molecule has 1 aromatic carbocycles. The molecule has 108 valence electrons. The van der Waals surface area contributed by atoms with Crippen LogP contribution in [0.2, 0.25) is 0 Å². The number of carboxylic acids is 2. The summed E-state index contributed by atoms with van der Waals surface area (Å²) < 4.78 is 3.72. The van der Waals surface area contributed by atoms with E-state index in [9.17, 15) is 9.59 Å². The molecule has 2 rings (SSSR count). The number of anilines is 1. The average Bonchev–Trinajstić information content (AvgIpc) is 2.85. The van der Waals surface area contributed by atoms with Crippen molar-refractivity contribution in [1.29, 1.82) is 0 Å². The molecule has 0 radical (unpaired) electrons. The van der Waals surface area contributed by atoms with E-state index < -0.39 is 17.7 Å². The Labute approximate surface area is 121 Å². The van der Waals surface area contributed by atoms with E-state index in [2.05, 4.69) is 14.5 Å². The molecular formula is C11H8N4O5S. The van der Waals surface area contributed by atoms with Gasteiger partial charge in [-0.2, -0.15) is 9.36 Å². The summed E-state index contributed by atoms with van der Waals surface area (Å²) in [4.78, 5) is 30.5. The van der Waals surface area contributed by atoms with Gasteiger partial charge in [0.15, 0.2) is 10.9 Å². The van der Waals surface area contributed by atoms with Crippen molar-refractivity contribution < 1.29 is 24.6 Å². The highest BCUT2D eigenvalue weighted by Gasteiger charge is 2.19. The molecule has 1 aromatic heterocycles. The average molecular weight is 308 g/mol. The first-order chi connectivity index (χ1) is 9.97. The molecule has 2 aromatic rings. The van der Waals surface area contributed by atoms with Crippen molar-refractivity contribution in [3.05, 3.63) is 35.7 Å². The van der Waals surface area contributed by atoms with Crippen molar-refractivity contribution in [2.45, 2.75) is 0 Å². The fraction of sp³-hybridized carbons (Fsp3) is 0. The van der Waals surface area contributed by atoms with Crippen molar-refractivity contribution in [3.8, 4) is 5.75 Å². The quantitative estimate of drug-likeness (QED) is 0.539. The van der Waals surface area contributed by atoms with Crippen LogP contribution in [-0.2, 0) is 4.79 Å². The minimum atomic E-state index is -1.40. The largest absolute Gasteiger partial charge is 0.478 e. The second-order valence-corrected chi connectivity index (χ2v) is 4.41. The lowest BCUT2D eigenvalue weighted by Crippen LogP contribution is -2.17. The van der Waals surface area contributed by atoms with Crippen LogP contribution in [-0.4, -0.2) is 37.2 Å². The van der Waals surface area contributed by atoms with E-state index in [4.69, 9.17) is 20.8 Å². The van der Waals surface area contributed by atoms with Crippen LogP contribution in [0.15, 0.2) is 29.4 Å². The molecule has 21 heavy (non-hydrogen) atoms. The molecule has 10 heteroatoms. The van der Waals surface area contributed by atoms with Gasteiger partial charge in [0, 0.05) is 11.5 Å². The Balaban J connectivity index is 2.26. The molecule has 0 amide bonds. The van der Waals surface area contributed by atoms with E-state index >= 15 is 0 Å². The van der Waals surface area contributed by atoms with E-state index in [0.29, 0.717) is 0 Å². The number of hydrogen-bond donors (Lipinski definition) is 3. The van der Waals surface area contributed by atoms with Gasteiger partial charge in [0.05, 0.1) is 5.56 Å². The van der Waals surface area contributed by atoms with Crippen molar-refractivity contribution in [2.75, 3.05) is 5.73 Å². The summed E-state index contributed by atoms with van der Waals surface area (Å²) in [5, 5.41) is 21.4. The lowest BCUT2D eigenvalue weighted by Gasteiger charge is -2.01. The number of aromatic carboxylic acids is 1. The molecule has 9 nitrogen and oxygen atoms in total. The summed E-state index contributed by atoms with van der Waals surface area (Å²) in [6.07, 6.45) is 0. The Morgan fingerprint density at radius 3 is 2.67 bits per heavy atom. The van der Waals surface area contributed by atoms with E-state index in [1.165, 1.54) is 24.3 Å². The molecule has 0 bridgehead atoms. The Morgan fingerprint density at radius 1 is 1.33 bits per heavy atom. The molecular weight excluding hydrogens is 300 g/mol. The molecule has 0 fully saturated rings. The second-order valence-electron chi connectivity index (χ2n) is 3.63. The fourth-order valence-corrected chi connectivity index (χ4v) is 1.73. The number of carbonyl (C=O) groups is 2. The van der Waals surface area contributed by atoms with Crippen molar-refractivity contribution in [3.63, 3.8) is 0 Å². The normalized spacial score (nSPS) is 11.1. The van der Waals surface area contributed by atoms with Crippen LogP contribution in [0.3, 0.4) is 0 Å². The molecule has 4 N–H and O–H groups in total. The molecule has 0 atom stereocenters. The third kappa shape index (κ3) is 3.51. The van der Waals surface area contributed by atoms with E-state index in [0.717, 1.165) is 11.5 Å². The first kappa shape index (κ1) is 14.4. The van der Waals surface area contributed by atoms with Gasteiger partial charge in [-0.05, 0) is 18.2 Å². The van der Waals surface area contributed by atoms with Crippen LogP contribution < -0.4 is 10.6 Å². The number of nitrogens with zero attached hydrogens (tertiary/aromatic N) is 3. The summed E-state index contributed by atoms with van der Waals surface area (Å²) in [5.74, 6) is -2.66. The van der Waals surface area contributed by atoms with Crippen LogP contribution in [0.1, 0.15) is 16.2 Å². The number of oxime groups is 1. The molecule has 1 heterocycles. The van der Waals surface area contributed by atoms with Crippen LogP contribution in [0.4, 0.5) is 5.13 Å². The topological polar surface area (TPSA) is 148 Å². The smallest absolute Gasteiger partial charge is 0.362 e. The summed E-state index contributed by atoms with van der Waals surface area (Å²) in [7, 11) is 0. The summed E-state index contributed by atoms with van der Waals surface area (Å²) in [5.41, 5.74) is 4.81. The van der Waals surface area contributed by atoms with Gasteiger partial charge >= 0.3 is 11.9 Å². The molecule has 0 unspecified atom stereocenters. The van der Waals surface area contributed by atoms with Gasteiger partial charge in [-0.15, -0.1) is 0 Å². The van der Waals surface area contributed by atoms with Gasteiger partial charge in [-0.3, -0.25) is 0 Å². The zero-order valence-electron chi connectivity index (χ0n) is 10.3. The predicted molar refractivity (Wildman–Crippen MR) is 72.5 cm³/mol. The standard InChI is InChI=1S/C11H8N4O5S/c12-11-13-8(15-21-11)7(10(18)19)14-20-6-3-1-2-5(4-6)9(16)17/h1-4H,(H,16,17)(H,18,19)(H2,12,13,15)/b14-7-. The first-order valence-corrected chi connectivity index (χ1v) is 6.16. The monoisotopic (exact) mass is 308 g/mol. The maximum absolute atomic E-state index is 11.1. The lowest BCUT2D eigenvalue weighted by atomic mass is 10.2. The van der Waals surface area contributed by atoms with Crippen molar-refractivity contribution in [1.82, 2.24) is 9.36 Å². The Bertz CT molecular complexity index is 727. The highest BCUT2D eigenvalue weighted by molar-refractivity contribution is 7.09. The lowest BCUT2D eigenvalue weighted by molar-refractivity contribution is -0.129. The number of carboxylic acid groups (broad SMARTS) is 2. The number of nitrogen functional groups attached to an aromatic ring is 1. The number of aliphatic carboxylic acids is 1. The Hall–Kier alpha value is -3.01. The molecule has 0 aliphatic rings. The van der Waals surface area contributed by atoms with Crippen LogP contribution in [0.5, 0.6) is 5.75 Å². The van der Waals surface area contributed by atoms with Crippen LogP contribution in [0.25, 0.3) is 0 Å². The van der Waals surface area contributed by atoms with Crippen molar-refractivity contribution in [2.24, 2.45) is 5.16 Å². The molecule has 0 aliphatic carbocycles. The molecule has 0 saturated carbocycles. The maximum atomic E-state index is 11.1. The van der Waals surface area contributed by atoms with Gasteiger partial charge in [0.1, 0.15) is 0 Å². The van der Waals surface area contributed by atoms with Gasteiger partial charge < -0.3 is 20.8 Å². The minimum Gasteiger partial charge on any atom is -0.478 e. The van der Waals surface area contributed by atoms with Gasteiger partial charge in [-0.1, -0.05) is 11.2 Å². The third-order valence-corrected chi connectivity index (χ3v) is 2.72.